The first kappa shape index (κ1) is 23.1. The van der Waals surface area contributed by atoms with Crippen molar-refractivity contribution >= 4 is 15.9 Å². The molecule has 0 saturated heterocycles. The van der Waals surface area contributed by atoms with Crippen LogP contribution in [0.2, 0.25) is 0 Å². The third-order valence-electron chi connectivity index (χ3n) is 4.48. The Hall–Kier alpha value is -3.54. The Bertz CT molecular complexity index is 1130. The van der Waals surface area contributed by atoms with Gasteiger partial charge in [0.15, 0.2) is 0 Å². The average Bonchev–Trinajstić information content (AvgIpc) is 3.34. The van der Waals surface area contributed by atoms with E-state index in [0.29, 0.717) is 24.3 Å². The number of ether oxygens (including phenoxy) is 1. The van der Waals surface area contributed by atoms with Gasteiger partial charge in [0, 0.05) is 6.54 Å². The maximum atomic E-state index is 13.2. The van der Waals surface area contributed by atoms with E-state index in [0.717, 1.165) is 9.99 Å². The fourth-order valence-corrected chi connectivity index (χ4v) is 4.22. The quantitative estimate of drug-likeness (QED) is 0.195. The first-order valence-corrected chi connectivity index (χ1v) is 11.1. The maximum absolute atomic E-state index is 13.2. The number of hydrogen-bond donors (Lipinski definition) is 2. The van der Waals surface area contributed by atoms with Gasteiger partial charge in [-0.1, -0.05) is 18.2 Å². The van der Waals surface area contributed by atoms with E-state index in [1.54, 1.807) is 53.5 Å². The smallest absolute Gasteiger partial charge is 0.258 e. The molecule has 0 bridgehead atoms. The van der Waals surface area contributed by atoms with Crippen molar-refractivity contribution in [1.29, 1.82) is 0 Å². The van der Waals surface area contributed by atoms with E-state index in [-0.39, 0.29) is 11.4 Å². The van der Waals surface area contributed by atoms with Gasteiger partial charge in [0.1, 0.15) is 18.4 Å². The number of hydrogen-bond acceptors (Lipinski definition) is 7. The van der Waals surface area contributed by atoms with Gasteiger partial charge >= 0.3 is 0 Å². The van der Waals surface area contributed by atoms with E-state index >= 15 is 0 Å². The van der Waals surface area contributed by atoms with Gasteiger partial charge in [-0.15, -0.1) is 6.58 Å². The Morgan fingerprint density at radius 2 is 1.91 bits per heavy atom. The number of carbonyl (C=O) groups excluding carboxylic acids is 1. The first-order chi connectivity index (χ1) is 15.4. The fourth-order valence-electron chi connectivity index (χ4n) is 2.84. The van der Waals surface area contributed by atoms with Crippen LogP contribution in [0.25, 0.3) is 5.69 Å². The summed E-state index contributed by atoms with van der Waals surface area (Å²) >= 11 is 0. The van der Waals surface area contributed by atoms with Crippen molar-refractivity contribution in [1.82, 2.24) is 24.5 Å². The van der Waals surface area contributed by atoms with Crippen LogP contribution in [-0.2, 0) is 21.4 Å². The number of sulfonamides is 1. The number of rotatable bonds is 11. The van der Waals surface area contributed by atoms with Gasteiger partial charge < -0.3 is 4.74 Å². The third kappa shape index (κ3) is 5.78. The standard InChI is InChI=1S/C21H23N5O5S/c1-2-3-12-31-19-8-10-20(11-9-19)32(29,30)25(14-21(27)24-28)13-17-4-6-18(7-5-17)26-16-22-15-23-26/h2,4-11,15-16,28H,1,3,12-14H2,(H,24,27). The lowest BCUT2D eigenvalue weighted by molar-refractivity contribution is -0.129. The van der Waals surface area contributed by atoms with Crippen LogP contribution in [0.1, 0.15) is 12.0 Å². The van der Waals surface area contributed by atoms with Crippen molar-refractivity contribution in [3.63, 3.8) is 0 Å². The van der Waals surface area contributed by atoms with E-state index in [4.69, 9.17) is 9.94 Å². The van der Waals surface area contributed by atoms with Gasteiger partial charge in [-0.25, -0.2) is 23.6 Å². The van der Waals surface area contributed by atoms with Crippen molar-refractivity contribution in [3.05, 3.63) is 79.4 Å². The molecule has 0 unspecified atom stereocenters. The number of amides is 1. The lowest BCUT2D eigenvalue weighted by atomic mass is 10.2. The summed E-state index contributed by atoms with van der Waals surface area (Å²) < 4.78 is 34.5. The molecule has 3 aromatic rings. The summed E-state index contributed by atoms with van der Waals surface area (Å²) in [7, 11) is -4.04. The summed E-state index contributed by atoms with van der Waals surface area (Å²) in [4.78, 5) is 15.7. The SMILES string of the molecule is C=CCCOc1ccc(S(=O)(=O)N(CC(=O)NO)Cc2ccc(-n3cncn3)cc2)cc1. The molecule has 168 valence electrons. The van der Waals surface area contributed by atoms with E-state index in [2.05, 4.69) is 16.7 Å². The van der Waals surface area contributed by atoms with E-state index in [9.17, 15) is 13.2 Å². The maximum Gasteiger partial charge on any atom is 0.258 e. The number of carbonyl (C=O) groups is 1. The minimum atomic E-state index is -4.04. The molecule has 0 aliphatic rings. The highest BCUT2D eigenvalue weighted by Crippen LogP contribution is 2.22. The van der Waals surface area contributed by atoms with Crippen molar-refractivity contribution in [2.45, 2.75) is 17.9 Å². The van der Waals surface area contributed by atoms with Crippen molar-refractivity contribution in [3.8, 4) is 11.4 Å². The highest BCUT2D eigenvalue weighted by molar-refractivity contribution is 7.89. The zero-order valence-corrected chi connectivity index (χ0v) is 18.0. The van der Waals surface area contributed by atoms with Crippen molar-refractivity contribution < 1.29 is 23.2 Å². The second-order valence-electron chi connectivity index (χ2n) is 6.71. The molecule has 3 rings (SSSR count). The number of aromatic nitrogens is 3. The van der Waals surface area contributed by atoms with Crippen LogP contribution in [0.4, 0.5) is 0 Å². The predicted molar refractivity (Wildman–Crippen MR) is 116 cm³/mol. The fraction of sp³-hybridized carbons (Fsp3) is 0.190. The Labute approximate surface area is 185 Å². The van der Waals surface area contributed by atoms with E-state index < -0.39 is 22.5 Å². The topological polar surface area (TPSA) is 127 Å². The van der Waals surface area contributed by atoms with Gasteiger partial charge in [-0.2, -0.15) is 9.40 Å². The minimum Gasteiger partial charge on any atom is -0.493 e. The number of nitrogens with zero attached hydrogens (tertiary/aromatic N) is 4. The Morgan fingerprint density at radius 1 is 1.19 bits per heavy atom. The van der Waals surface area contributed by atoms with Crippen LogP contribution < -0.4 is 10.2 Å². The Kier molecular flexibility index (Phi) is 7.71. The highest BCUT2D eigenvalue weighted by atomic mass is 32.2. The Balaban J connectivity index is 1.80. The van der Waals surface area contributed by atoms with Crippen LogP contribution in [0.5, 0.6) is 5.75 Å². The van der Waals surface area contributed by atoms with Crippen LogP contribution in [0, 0.1) is 0 Å². The minimum absolute atomic E-state index is 0.00135. The summed E-state index contributed by atoms with van der Waals surface area (Å²) in [6.45, 7) is 3.42. The molecule has 32 heavy (non-hydrogen) atoms. The van der Waals surface area contributed by atoms with Crippen LogP contribution in [-0.4, -0.2) is 51.8 Å². The molecule has 0 spiro atoms. The van der Waals surface area contributed by atoms with Crippen molar-refractivity contribution in [2.24, 2.45) is 0 Å². The molecule has 0 atom stereocenters. The van der Waals surface area contributed by atoms with Crippen LogP contribution in [0.15, 0.2) is 78.7 Å². The molecule has 1 heterocycles. The number of nitrogens with one attached hydrogen (secondary N) is 1. The summed E-state index contributed by atoms with van der Waals surface area (Å²) in [5, 5.41) is 12.9. The molecular weight excluding hydrogens is 434 g/mol. The molecule has 11 heteroatoms. The molecule has 2 aromatic carbocycles. The zero-order chi connectivity index (χ0) is 23.0. The second-order valence-corrected chi connectivity index (χ2v) is 8.65. The molecular formula is C21H23N5O5S. The van der Waals surface area contributed by atoms with Crippen molar-refractivity contribution in [2.75, 3.05) is 13.2 Å². The van der Waals surface area contributed by atoms with Gasteiger partial charge in [0.2, 0.25) is 10.0 Å². The molecule has 0 radical (unpaired) electrons. The molecule has 1 aromatic heterocycles. The normalized spacial score (nSPS) is 11.3. The third-order valence-corrected chi connectivity index (χ3v) is 6.28. The van der Waals surface area contributed by atoms with Crippen LogP contribution >= 0.6 is 0 Å². The molecule has 0 aliphatic heterocycles. The van der Waals surface area contributed by atoms with Gasteiger partial charge in [-0.3, -0.25) is 10.0 Å². The largest absolute Gasteiger partial charge is 0.493 e. The monoisotopic (exact) mass is 457 g/mol. The molecule has 10 nitrogen and oxygen atoms in total. The predicted octanol–water partition coefficient (Wildman–Crippen LogP) is 1.92. The van der Waals surface area contributed by atoms with Crippen LogP contribution in [0.3, 0.4) is 0 Å². The molecule has 1 amide bonds. The van der Waals surface area contributed by atoms with E-state index in [1.807, 2.05) is 0 Å². The first-order valence-electron chi connectivity index (χ1n) is 9.65. The molecule has 0 aliphatic carbocycles. The zero-order valence-electron chi connectivity index (χ0n) is 17.2. The lowest BCUT2D eigenvalue weighted by Gasteiger charge is -2.21. The van der Waals surface area contributed by atoms with Gasteiger partial charge in [0.05, 0.1) is 23.7 Å². The van der Waals surface area contributed by atoms with E-state index in [1.165, 1.54) is 23.9 Å². The summed E-state index contributed by atoms with van der Waals surface area (Å²) in [6.07, 6.45) is 5.34. The van der Waals surface area contributed by atoms with Gasteiger partial charge in [-0.05, 0) is 48.4 Å². The molecule has 0 saturated carbocycles. The summed E-state index contributed by atoms with van der Waals surface area (Å²) in [6, 6.07) is 12.9. The van der Waals surface area contributed by atoms with Gasteiger partial charge in [0.25, 0.3) is 5.91 Å². The molecule has 2 N–H and O–H groups in total. The highest BCUT2D eigenvalue weighted by Gasteiger charge is 2.27. The summed E-state index contributed by atoms with van der Waals surface area (Å²) in [5.41, 5.74) is 2.88. The number of hydroxylamine groups is 1. The lowest BCUT2D eigenvalue weighted by Crippen LogP contribution is -2.39. The second kappa shape index (κ2) is 10.7. The Morgan fingerprint density at radius 3 is 2.50 bits per heavy atom. The average molecular weight is 458 g/mol. The number of benzene rings is 2. The molecule has 0 fully saturated rings. The summed E-state index contributed by atoms with van der Waals surface area (Å²) in [5.74, 6) is -0.327.